The normalized spacial score (nSPS) is 12.3. The maximum Gasteiger partial charge on any atom is 0.162 e. The summed E-state index contributed by atoms with van der Waals surface area (Å²) >= 11 is 12.9. The molecule has 0 N–H and O–H groups in total. The smallest absolute Gasteiger partial charge is 0.162 e. The molecule has 6 nitrogen and oxygen atoms in total. The zero-order chi connectivity index (χ0) is 20.8. The van der Waals surface area contributed by atoms with Crippen LogP contribution in [0.3, 0.4) is 0 Å². The van der Waals surface area contributed by atoms with Crippen LogP contribution in [0.4, 0.5) is 0 Å². The third kappa shape index (κ3) is 4.18. The number of hydrogen-bond acceptors (Lipinski definition) is 4. The fourth-order valence-electron chi connectivity index (χ4n) is 3.25. The van der Waals surface area contributed by atoms with E-state index in [0.717, 1.165) is 40.2 Å². The lowest BCUT2D eigenvalue weighted by atomic mass is 10.1. The summed E-state index contributed by atoms with van der Waals surface area (Å²) in [7, 11) is 0.736. The van der Waals surface area contributed by atoms with Gasteiger partial charge in [0.1, 0.15) is 17.4 Å². The van der Waals surface area contributed by atoms with E-state index in [-0.39, 0.29) is 0 Å². The van der Waals surface area contributed by atoms with Crippen LogP contribution in [0.25, 0.3) is 33.2 Å². The fraction of sp³-hybridized carbons (Fsp3) is 0.350. The predicted octanol–water partition coefficient (Wildman–Crippen LogP) is 5.60. The van der Waals surface area contributed by atoms with E-state index in [1.807, 2.05) is 36.1 Å². The molecule has 3 aromatic heterocycles. The van der Waals surface area contributed by atoms with Crippen LogP contribution in [0.2, 0.25) is 35.9 Å². The summed E-state index contributed by atoms with van der Waals surface area (Å²) in [6.45, 7) is 8.12. The van der Waals surface area contributed by atoms with E-state index in [2.05, 4.69) is 34.7 Å². The van der Waals surface area contributed by atoms with E-state index in [0.29, 0.717) is 22.6 Å². The molecule has 4 rings (SSSR count). The molecule has 1 aromatic carbocycles. The number of benzene rings is 1. The van der Waals surface area contributed by atoms with Gasteiger partial charge in [-0.3, -0.25) is 4.68 Å². The lowest BCUT2D eigenvalue weighted by Crippen LogP contribution is -2.22. The molecule has 0 radical (unpaired) electrons. The highest BCUT2D eigenvalue weighted by molar-refractivity contribution is 6.76. The molecule has 0 bridgehead atoms. The van der Waals surface area contributed by atoms with Gasteiger partial charge >= 0.3 is 0 Å². The van der Waals surface area contributed by atoms with E-state index < -0.39 is 8.07 Å². The van der Waals surface area contributed by atoms with Gasteiger partial charge in [0.2, 0.25) is 0 Å². The van der Waals surface area contributed by atoms with E-state index in [1.54, 1.807) is 10.9 Å². The first-order valence-corrected chi connectivity index (χ1v) is 13.9. The van der Waals surface area contributed by atoms with Crippen molar-refractivity contribution in [3.63, 3.8) is 0 Å². The van der Waals surface area contributed by atoms with Crippen LogP contribution in [-0.4, -0.2) is 39.0 Å². The second-order valence-corrected chi connectivity index (χ2v) is 14.8. The molecule has 9 heteroatoms. The lowest BCUT2D eigenvalue weighted by molar-refractivity contribution is 0.0899. The molecule has 0 atom stereocenters. The van der Waals surface area contributed by atoms with Gasteiger partial charge in [0.25, 0.3) is 0 Å². The van der Waals surface area contributed by atoms with Crippen LogP contribution >= 0.6 is 23.2 Å². The highest BCUT2D eigenvalue weighted by Gasteiger charge is 2.18. The van der Waals surface area contributed by atoms with Gasteiger partial charge < -0.3 is 9.30 Å². The monoisotopic (exact) mass is 447 g/mol. The topological polar surface area (TPSA) is 57.8 Å². The van der Waals surface area contributed by atoms with Crippen molar-refractivity contribution >= 4 is 53.3 Å². The Balaban J connectivity index is 1.74. The first-order chi connectivity index (χ1) is 13.7. The average molecular weight is 448 g/mol. The Morgan fingerprint density at radius 2 is 1.90 bits per heavy atom. The molecule has 0 saturated heterocycles. The Morgan fingerprint density at radius 3 is 2.66 bits per heavy atom. The Kier molecular flexibility index (Phi) is 5.41. The van der Waals surface area contributed by atoms with Gasteiger partial charge in [0.05, 0.1) is 16.7 Å². The number of ether oxygens (including phenoxy) is 1. The van der Waals surface area contributed by atoms with Gasteiger partial charge in [0.15, 0.2) is 5.65 Å². The van der Waals surface area contributed by atoms with E-state index in [1.165, 1.54) is 0 Å². The van der Waals surface area contributed by atoms with Crippen molar-refractivity contribution in [2.24, 2.45) is 7.05 Å². The maximum absolute atomic E-state index is 6.74. The zero-order valence-electron chi connectivity index (χ0n) is 16.9. The minimum Gasteiger partial charge on any atom is -0.361 e. The van der Waals surface area contributed by atoms with E-state index in [4.69, 9.17) is 27.9 Å². The highest BCUT2D eigenvalue weighted by Crippen LogP contribution is 2.37. The summed E-state index contributed by atoms with van der Waals surface area (Å²) in [5.41, 5.74) is 4.06. The van der Waals surface area contributed by atoms with Gasteiger partial charge in [0, 0.05) is 50.6 Å². The van der Waals surface area contributed by atoms with Crippen LogP contribution < -0.4 is 0 Å². The third-order valence-corrected chi connectivity index (χ3v) is 7.09. The summed E-state index contributed by atoms with van der Waals surface area (Å²) in [6.07, 6.45) is 5.46. The van der Waals surface area contributed by atoms with Gasteiger partial charge in [-0.25, -0.2) is 9.97 Å². The molecular formula is C20H23Cl2N5OSi. The van der Waals surface area contributed by atoms with Crippen molar-refractivity contribution in [1.29, 1.82) is 0 Å². The number of nitrogens with zero attached hydrogens (tertiary/aromatic N) is 5. The number of fused-ring (bicyclic) bond motifs is 2. The average Bonchev–Trinajstić information content (AvgIpc) is 3.19. The second-order valence-electron chi connectivity index (χ2n) is 8.39. The van der Waals surface area contributed by atoms with Crippen molar-refractivity contribution < 1.29 is 4.74 Å². The number of halogens is 2. The summed E-state index contributed by atoms with van der Waals surface area (Å²) in [4.78, 5) is 9.01. The Labute approximate surface area is 180 Å². The fourth-order valence-corrected chi connectivity index (χ4v) is 4.45. The van der Waals surface area contributed by atoms with Gasteiger partial charge in [-0.05, 0) is 12.1 Å². The largest absolute Gasteiger partial charge is 0.361 e. The minimum absolute atomic E-state index is 0.347. The summed E-state index contributed by atoms with van der Waals surface area (Å²) in [5.74, 6) is 0. The number of hydrogen-bond donors (Lipinski definition) is 0. The highest BCUT2D eigenvalue weighted by atomic mass is 35.5. The quantitative estimate of drug-likeness (QED) is 0.284. The summed E-state index contributed by atoms with van der Waals surface area (Å²) in [6, 6.07) is 5.04. The van der Waals surface area contributed by atoms with Crippen LogP contribution in [0.1, 0.15) is 0 Å². The molecule has 0 fully saturated rings. The molecule has 0 unspecified atom stereocenters. The zero-order valence-corrected chi connectivity index (χ0v) is 19.4. The lowest BCUT2D eigenvalue weighted by Gasteiger charge is -2.15. The summed E-state index contributed by atoms with van der Waals surface area (Å²) < 4.78 is 9.64. The number of aryl methyl sites for hydroxylation is 1. The predicted molar refractivity (Wildman–Crippen MR) is 121 cm³/mol. The molecule has 0 aliphatic rings. The van der Waals surface area contributed by atoms with Crippen molar-refractivity contribution in [3.8, 4) is 11.1 Å². The van der Waals surface area contributed by atoms with Crippen molar-refractivity contribution in [2.75, 3.05) is 6.61 Å². The van der Waals surface area contributed by atoms with Crippen LogP contribution in [-0.2, 0) is 18.5 Å². The van der Waals surface area contributed by atoms with Gasteiger partial charge in [-0.15, -0.1) is 0 Å². The van der Waals surface area contributed by atoms with Crippen LogP contribution in [0.15, 0.2) is 30.7 Å². The second kappa shape index (κ2) is 7.72. The molecule has 3 heterocycles. The maximum atomic E-state index is 6.74. The third-order valence-electron chi connectivity index (χ3n) is 4.79. The SMILES string of the molecule is Cn1cc2c(Cl)c(-c3cn(COCC[Si](C)(C)C)c4nc(Cl)cnc34)ccc2n1. The van der Waals surface area contributed by atoms with Crippen molar-refractivity contribution in [1.82, 2.24) is 24.3 Å². The Bertz CT molecular complexity index is 1200. The number of aromatic nitrogens is 5. The van der Waals surface area contributed by atoms with Crippen molar-refractivity contribution in [3.05, 3.63) is 40.9 Å². The number of rotatable bonds is 6. The standard InChI is InChI=1S/C20H23Cl2N5OSi/c1-26-10-15-16(25-26)6-5-13(18(15)22)14-11-27(12-28-7-8-29(2,3)4)20-19(14)23-9-17(21)24-20/h5-6,9-11H,7-8,12H2,1-4H3. The molecule has 0 spiro atoms. The molecular weight excluding hydrogens is 425 g/mol. The van der Waals surface area contributed by atoms with Gasteiger partial charge in [-0.2, -0.15) is 5.10 Å². The molecule has 29 heavy (non-hydrogen) atoms. The first-order valence-electron chi connectivity index (χ1n) is 9.44. The van der Waals surface area contributed by atoms with Crippen molar-refractivity contribution in [2.45, 2.75) is 32.4 Å². The molecule has 0 aliphatic heterocycles. The first kappa shape index (κ1) is 20.3. The van der Waals surface area contributed by atoms with Crippen LogP contribution in [0, 0.1) is 0 Å². The Morgan fingerprint density at radius 1 is 1.10 bits per heavy atom. The van der Waals surface area contributed by atoms with Crippen LogP contribution in [0.5, 0.6) is 0 Å². The minimum atomic E-state index is -1.15. The Hall–Kier alpha value is -1.93. The van der Waals surface area contributed by atoms with E-state index in [9.17, 15) is 0 Å². The van der Waals surface area contributed by atoms with Gasteiger partial charge in [-0.1, -0.05) is 48.9 Å². The molecule has 152 valence electrons. The molecule has 4 aromatic rings. The van der Waals surface area contributed by atoms with E-state index >= 15 is 0 Å². The molecule has 0 amide bonds. The summed E-state index contributed by atoms with van der Waals surface area (Å²) in [5, 5.41) is 6.32. The molecule has 0 aliphatic carbocycles. The molecule has 0 saturated carbocycles.